The maximum Gasteiger partial charge on any atom is 0.270 e. The summed E-state index contributed by atoms with van der Waals surface area (Å²) in [6.07, 6.45) is 7.60. The average Bonchev–Trinajstić information content (AvgIpc) is 3.09. The monoisotopic (exact) mass is 322 g/mol. The summed E-state index contributed by atoms with van der Waals surface area (Å²) >= 11 is 3.35. The van der Waals surface area contributed by atoms with Crippen molar-refractivity contribution in [3.05, 3.63) is 40.9 Å². The number of amides is 1. The Labute approximate surface area is 119 Å². The second kappa shape index (κ2) is 5.21. The number of rotatable bonds is 2. The Kier molecular flexibility index (Phi) is 3.42. The molecule has 1 aliphatic heterocycles. The minimum absolute atomic E-state index is 0.0579. The van der Waals surface area contributed by atoms with Crippen LogP contribution in [0.25, 0.3) is 0 Å². The van der Waals surface area contributed by atoms with Gasteiger partial charge in [-0.15, -0.1) is 0 Å². The summed E-state index contributed by atoms with van der Waals surface area (Å²) in [6, 6.07) is 4.02. The quantitative estimate of drug-likeness (QED) is 0.923. The van der Waals surface area contributed by atoms with Gasteiger partial charge in [0.15, 0.2) is 0 Å². The van der Waals surface area contributed by atoms with Crippen molar-refractivity contribution in [2.45, 2.75) is 18.9 Å². The summed E-state index contributed by atoms with van der Waals surface area (Å²) < 4.78 is 2.85. The molecule has 3 heterocycles. The third kappa shape index (κ3) is 2.58. The molecule has 1 unspecified atom stereocenters. The fraction of sp³-hybridized carbons (Fsp3) is 0.385. The molecule has 1 N–H and O–H groups in total. The van der Waals surface area contributed by atoms with Gasteiger partial charge in [0.05, 0.1) is 6.04 Å². The Morgan fingerprint density at radius 1 is 1.53 bits per heavy atom. The Morgan fingerprint density at radius 3 is 3.11 bits per heavy atom. The maximum absolute atomic E-state index is 12.4. The highest BCUT2D eigenvalue weighted by Gasteiger charge is 2.26. The number of hydrogen-bond donors (Lipinski definition) is 1. The summed E-state index contributed by atoms with van der Waals surface area (Å²) in [5.41, 5.74) is 0.632. The predicted molar refractivity (Wildman–Crippen MR) is 74.9 cm³/mol. The highest BCUT2D eigenvalue weighted by Crippen LogP contribution is 2.22. The zero-order chi connectivity index (χ0) is 13.2. The summed E-state index contributed by atoms with van der Waals surface area (Å²) in [5, 5.41) is 4.27. The number of H-pyrrole nitrogens is 1. The van der Waals surface area contributed by atoms with Crippen LogP contribution in [0, 0.1) is 0 Å². The number of piperidine rings is 1. The molecule has 0 aromatic carbocycles. The van der Waals surface area contributed by atoms with Gasteiger partial charge in [-0.05, 0) is 40.9 Å². The molecule has 100 valence electrons. The molecule has 0 aliphatic carbocycles. The number of nitrogens with one attached hydrogen (secondary N) is 1. The van der Waals surface area contributed by atoms with E-state index >= 15 is 0 Å². The first kappa shape index (κ1) is 12.5. The van der Waals surface area contributed by atoms with E-state index in [9.17, 15) is 4.79 Å². The Morgan fingerprint density at radius 2 is 2.42 bits per heavy atom. The lowest BCUT2D eigenvalue weighted by atomic mass is 10.1. The standard InChI is InChI=1S/C13H15BrN4O/c14-10-7-12(15-8-10)13(19)17-5-1-3-11(9-17)18-6-2-4-16-18/h2,4,6-8,11,15H,1,3,5,9H2. The number of halogens is 1. The van der Waals surface area contributed by atoms with Crippen LogP contribution in [-0.4, -0.2) is 38.7 Å². The fourth-order valence-corrected chi connectivity index (χ4v) is 2.86. The molecular formula is C13H15BrN4O. The van der Waals surface area contributed by atoms with Crippen LogP contribution < -0.4 is 0 Å². The van der Waals surface area contributed by atoms with Gasteiger partial charge in [-0.3, -0.25) is 9.48 Å². The van der Waals surface area contributed by atoms with Gasteiger partial charge < -0.3 is 9.88 Å². The summed E-state index contributed by atoms with van der Waals surface area (Å²) in [6.45, 7) is 1.53. The van der Waals surface area contributed by atoms with Gasteiger partial charge in [-0.1, -0.05) is 0 Å². The molecule has 1 saturated heterocycles. The van der Waals surface area contributed by atoms with Gasteiger partial charge in [0.25, 0.3) is 5.91 Å². The number of carbonyl (C=O) groups is 1. The van der Waals surface area contributed by atoms with E-state index in [0.29, 0.717) is 5.69 Å². The van der Waals surface area contributed by atoms with E-state index in [-0.39, 0.29) is 11.9 Å². The third-order valence-electron chi connectivity index (χ3n) is 3.46. The van der Waals surface area contributed by atoms with Gasteiger partial charge in [0.1, 0.15) is 5.69 Å². The molecular weight excluding hydrogens is 308 g/mol. The molecule has 1 amide bonds. The van der Waals surface area contributed by atoms with E-state index in [4.69, 9.17) is 0 Å². The van der Waals surface area contributed by atoms with Crippen molar-refractivity contribution < 1.29 is 4.79 Å². The van der Waals surface area contributed by atoms with Crippen molar-refractivity contribution in [2.75, 3.05) is 13.1 Å². The smallest absolute Gasteiger partial charge is 0.270 e. The minimum Gasteiger partial charge on any atom is -0.356 e. The van der Waals surface area contributed by atoms with Crippen molar-refractivity contribution in [3.63, 3.8) is 0 Å². The average molecular weight is 323 g/mol. The van der Waals surface area contributed by atoms with Crippen molar-refractivity contribution in [1.29, 1.82) is 0 Å². The van der Waals surface area contributed by atoms with Crippen molar-refractivity contribution in [3.8, 4) is 0 Å². The number of aromatic amines is 1. The molecule has 1 fully saturated rings. The van der Waals surface area contributed by atoms with Crippen LogP contribution in [0.4, 0.5) is 0 Å². The molecule has 2 aromatic rings. The molecule has 3 rings (SSSR count). The fourth-order valence-electron chi connectivity index (χ4n) is 2.51. The molecule has 0 spiro atoms. The zero-order valence-corrected chi connectivity index (χ0v) is 12.0. The predicted octanol–water partition coefficient (Wildman–Crippen LogP) is 2.45. The second-order valence-electron chi connectivity index (χ2n) is 4.76. The number of nitrogens with zero attached hydrogens (tertiary/aromatic N) is 3. The number of carbonyl (C=O) groups excluding carboxylic acids is 1. The van der Waals surface area contributed by atoms with Gasteiger partial charge in [-0.2, -0.15) is 5.10 Å². The normalized spacial score (nSPS) is 19.6. The highest BCUT2D eigenvalue weighted by molar-refractivity contribution is 9.10. The van der Waals surface area contributed by atoms with E-state index in [1.807, 2.05) is 27.9 Å². The number of hydrogen-bond acceptors (Lipinski definition) is 2. The molecule has 2 aromatic heterocycles. The Hall–Kier alpha value is -1.56. The number of aromatic nitrogens is 3. The Balaban J connectivity index is 1.73. The van der Waals surface area contributed by atoms with E-state index in [1.165, 1.54) is 0 Å². The molecule has 0 radical (unpaired) electrons. The lowest BCUT2D eigenvalue weighted by molar-refractivity contribution is 0.0667. The molecule has 0 saturated carbocycles. The van der Waals surface area contributed by atoms with Crippen LogP contribution in [0.15, 0.2) is 35.2 Å². The van der Waals surface area contributed by atoms with Crippen LogP contribution in [-0.2, 0) is 0 Å². The lowest BCUT2D eigenvalue weighted by Crippen LogP contribution is -2.41. The van der Waals surface area contributed by atoms with Crippen molar-refractivity contribution in [1.82, 2.24) is 19.7 Å². The van der Waals surface area contributed by atoms with Crippen molar-refractivity contribution >= 4 is 21.8 Å². The van der Waals surface area contributed by atoms with E-state index in [1.54, 1.807) is 12.4 Å². The Bertz CT molecular complexity index is 563. The molecule has 5 nitrogen and oxygen atoms in total. The first-order valence-electron chi connectivity index (χ1n) is 6.36. The highest BCUT2D eigenvalue weighted by atomic mass is 79.9. The van der Waals surface area contributed by atoms with E-state index < -0.39 is 0 Å². The van der Waals surface area contributed by atoms with Gasteiger partial charge in [0.2, 0.25) is 0 Å². The lowest BCUT2D eigenvalue weighted by Gasteiger charge is -2.32. The molecule has 0 bridgehead atoms. The van der Waals surface area contributed by atoms with Crippen LogP contribution in [0.1, 0.15) is 29.4 Å². The van der Waals surface area contributed by atoms with Gasteiger partial charge in [0, 0.05) is 36.2 Å². The van der Waals surface area contributed by atoms with Crippen molar-refractivity contribution in [2.24, 2.45) is 0 Å². The maximum atomic E-state index is 12.4. The topological polar surface area (TPSA) is 53.9 Å². The van der Waals surface area contributed by atoms with Crippen LogP contribution in [0.5, 0.6) is 0 Å². The van der Waals surface area contributed by atoms with Crippen LogP contribution in [0.3, 0.4) is 0 Å². The summed E-state index contributed by atoms with van der Waals surface area (Å²) in [5.74, 6) is 0.0579. The van der Waals surface area contributed by atoms with Gasteiger partial charge >= 0.3 is 0 Å². The third-order valence-corrected chi connectivity index (χ3v) is 3.92. The SMILES string of the molecule is O=C(c1cc(Br)c[nH]1)N1CCCC(n2cccn2)C1. The largest absolute Gasteiger partial charge is 0.356 e. The zero-order valence-electron chi connectivity index (χ0n) is 10.4. The number of likely N-dealkylation sites (tertiary alicyclic amines) is 1. The van der Waals surface area contributed by atoms with Crippen LogP contribution in [0.2, 0.25) is 0 Å². The summed E-state index contributed by atoms with van der Waals surface area (Å²) in [7, 11) is 0. The molecule has 1 atom stereocenters. The van der Waals surface area contributed by atoms with Gasteiger partial charge in [-0.25, -0.2) is 0 Å². The van der Waals surface area contributed by atoms with Crippen LogP contribution >= 0.6 is 15.9 Å². The first-order valence-corrected chi connectivity index (χ1v) is 7.15. The molecule has 6 heteroatoms. The second-order valence-corrected chi connectivity index (χ2v) is 5.68. The molecule has 19 heavy (non-hydrogen) atoms. The van der Waals surface area contributed by atoms with E-state index in [0.717, 1.165) is 30.4 Å². The molecule has 1 aliphatic rings. The first-order chi connectivity index (χ1) is 9.24. The summed E-state index contributed by atoms with van der Waals surface area (Å²) in [4.78, 5) is 17.3. The van der Waals surface area contributed by atoms with E-state index in [2.05, 4.69) is 26.0 Å². The minimum atomic E-state index is 0.0579.